The van der Waals surface area contributed by atoms with E-state index in [0.29, 0.717) is 43.0 Å². The average Bonchev–Trinajstić information content (AvgIpc) is 3.19. The number of ether oxygens (including phenoxy) is 1. The molecule has 0 bridgehead atoms. The first-order valence-electron chi connectivity index (χ1n) is 10.2. The number of nitrogen functional groups attached to an aromatic ring is 1. The second-order valence-corrected chi connectivity index (χ2v) is 10.3. The number of nitrogens with zero attached hydrogens (tertiary/aromatic N) is 4. The summed E-state index contributed by atoms with van der Waals surface area (Å²) in [7, 11) is -3.65. The minimum absolute atomic E-state index is 0.0314. The number of aromatic nitrogens is 3. The maximum Gasteiger partial charge on any atom is 0.243 e. The van der Waals surface area contributed by atoms with Gasteiger partial charge in [-0.15, -0.1) is 10.2 Å². The monoisotopic (exact) mass is 488 g/mol. The Morgan fingerprint density at radius 1 is 1.15 bits per heavy atom. The summed E-state index contributed by atoms with van der Waals surface area (Å²) >= 11 is 1.14. The number of nitrogens with one attached hydrogen (secondary N) is 1. The van der Waals surface area contributed by atoms with Crippen LogP contribution >= 0.6 is 11.8 Å². The molecule has 1 aromatic heterocycles. The third-order valence-electron chi connectivity index (χ3n) is 5.03. The average molecular weight is 489 g/mol. The van der Waals surface area contributed by atoms with Crippen molar-refractivity contribution < 1.29 is 17.9 Å². The number of morpholine rings is 1. The fourth-order valence-corrected chi connectivity index (χ4v) is 5.38. The Hall–Kier alpha value is -2.93. The number of carbonyl (C=O) groups excluding carboxylic acids is 1. The highest BCUT2D eigenvalue weighted by Gasteiger charge is 2.26. The van der Waals surface area contributed by atoms with Crippen molar-refractivity contribution in [1.29, 1.82) is 0 Å². The van der Waals surface area contributed by atoms with Crippen molar-refractivity contribution in [1.82, 2.24) is 19.2 Å². The van der Waals surface area contributed by atoms with E-state index in [1.807, 2.05) is 31.2 Å². The minimum Gasteiger partial charge on any atom is -0.379 e. The normalized spacial score (nSPS) is 14.8. The molecule has 3 aromatic rings. The zero-order chi connectivity index (χ0) is 23.4. The highest BCUT2D eigenvalue weighted by Crippen LogP contribution is 2.23. The first-order chi connectivity index (χ1) is 15.8. The lowest BCUT2D eigenvalue weighted by atomic mass is 10.1. The largest absolute Gasteiger partial charge is 0.379 e. The van der Waals surface area contributed by atoms with Crippen molar-refractivity contribution in [2.24, 2.45) is 0 Å². The summed E-state index contributed by atoms with van der Waals surface area (Å²) in [5, 5.41) is 11.3. The zero-order valence-corrected chi connectivity index (χ0v) is 19.6. The molecule has 0 spiro atoms. The Kier molecular flexibility index (Phi) is 6.98. The molecule has 0 aliphatic carbocycles. The van der Waals surface area contributed by atoms with Crippen LogP contribution in [0.5, 0.6) is 0 Å². The Bertz CT molecular complexity index is 1240. The molecule has 4 rings (SSSR count). The number of anilines is 1. The summed E-state index contributed by atoms with van der Waals surface area (Å²) in [5.74, 6) is 6.32. The van der Waals surface area contributed by atoms with Crippen LogP contribution in [0.1, 0.15) is 5.56 Å². The number of nitrogens with two attached hydrogens (primary N) is 1. The van der Waals surface area contributed by atoms with Gasteiger partial charge in [0, 0.05) is 24.3 Å². The van der Waals surface area contributed by atoms with E-state index < -0.39 is 10.0 Å². The standard InChI is InChI=1S/C21H24N6O4S2/c1-15-5-7-16(8-6-15)20-24-25-21(27(20)22)32-14-19(28)23-17-3-2-4-18(13-17)33(29,30)26-9-11-31-12-10-26/h2-8,13H,9-12,14,22H2,1H3,(H,23,28). The number of sulfonamides is 1. The minimum atomic E-state index is -3.65. The number of carbonyl (C=O) groups is 1. The van der Waals surface area contributed by atoms with Crippen LogP contribution in [0.25, 0.3) is 11.4 Å². The van der Waals surface area contributed by atoms with Gasteiger partial charge in [0.2, 0.25) is 21.1 Å². The molecular weight excluding hydrogens is 464 g/mol. The van der Waals surface area contributed by atoms with E-state index in [1.165, 1.54) is 21.1 Å². The van der Waals surface area contributed by atoms with Crippen LogP contribution in [0.4, 0.5) is 5.69 Å². The van der Waals surface area contributed by atoms with Gasteiger partial charge in [0.1, 0.15) is 0 Å². The third kappa shape index (κ3) is 5.36. The van der Waals surface area contributed by atoms with E-state index >= 15 is 0 Å². The molecule has 0 saturated carbocycles. The number of benzene rings is 2. The van der Waals surface area contributed by atoms with Crippen LogP contribution in [0, 0.1) is 6.92 Å². The Labute approximate surface area is 196 Å². The van der Waals surface area contributed by atoms with Gasteiger partial charge in [-0.2, -0.15) is 4.31 Å². The van der Waals surface area contributed by atoms with Gasteiger partial charge in [-0.3, -0.25) is 4.79 Å². The quantitative estimate of drug-likeness (QED) is 0.379. The molecule has 33 heavy (non-hydrogen) atoms. The maximum atomic E-state index is 12.8. The summed E-state index contributed by atoms with van der Waals surface area (Å²) in [5.41, 5.74) is 2.34. The predicted molar refractivity (Wildman–Crippen MR) is 126 cm³/mol. The number of thioether (sulfide) groups is 1. The van der Waals surface area contributed by atoms with Gasteiger partial charge in [-0.25, -0.2) is 13.1 Å². The molecule has 12 heteroatoms. The highest BCUT2D eigenvalue weighted by atomic mass is 32.2. The van der Waals surface area contributed by atoms with Gasteiger partial charge in [-0.05, 0) is 25.1 Å². The van der Waals surface area contributed by atoms with Gasteiger partial charge in [0.05, 0.1) is 23.9 Å². The summed E-state index contributed by atoms with van der Waals surface area (Å²) in [6, 6.07) is 13.9. The molecular formula is C21H24N6O4S2. The van der Waals surface area contributed by atoms with Crippen LogP contribution in [0.3, 0.4) is 0 Å². The summed E-state index contributed by atoms with van der Waals surface area (Å²) < 4.78 is 33.6. The van der Waals surface area contributed by atoms with Crippen LogP contribution < -0.4 is 11.2 Å². The first kappa shape index (κ1) is 23.2. The molecule has 0 unspecified atom stereocenters. The third-order valence-corrected chi connectivity index (χ3v) is 7.87. The molecule has 1 saturated heterocycles. The summed E-state index contributed by atoms with van der Waals surface area (Å²) in [6.45, 7) is 3.33. The topological polar surface area (TPSA) is 132 Å². The fourth-order valence-electron chi connectivity index (χ4n) is 3.27. The van der Waals surface area contributed by atoms with Crippen molar-refractivity contribution in [3.63, 3.8) is 0 Å². The second-order valence-electron chi connectivity index (χ2n) is 7.42. The van der Waals surface area contributed by atoms with E-state index in [2.05, 4.69) is 15.5 Å². The second kappa shape index (κ2) is 9.91. The number of amides is 1. The molecule has 3 N–H and O–H groups in total. The number of aryl methyl sites for hydroxylation is 1. The molecule has 1 fully saturated rings. The van der Waals surface area contributed by atoms with Gasteiger partial charge < -0.3 is 15.9 Å². The molecule has 0 radical (unpaired) electrons. The van der Waals surface area contributed by atoms with Gasteiger partial charge in [0.25, 0.3) is 0 Å². The number of hydrogen-bond donors (Lipinski definition) is 2. The van der Waals surface area contributed by atoms with Crippen molar-refractivity contribution in [3.05, 3.63) is 54.1 Å². The molecule has 1 aliphatic heterocycles. The smallest absolute Gasteiger partial charge is 0.243 e. The Morgan fingerprint density at radius 3 is 2.61 bits per heavy atom. The van der Waals surface area contributed by atoms with Crippen LogP contribution in [0.15, 0.2) is 58.6 Å². The number of hydrogen-bond acceptors (Lipinski definition) is 8. The summed E-state index contributed by atoms with van der Waals surface area (Å²) in [4.78, 5) is 12.6. The van der Waals surface area contributed by atoms with E-state index in [-0.39, 0.29) is 16.6 Å². The lowest BCUT2D eigenvalue weighted by Crippen LogP contribution is -2.40. The van der Waals surface area contributed by atoms with Crippen molar-refractivity contribution in [2.75, 3.05) is 43.2 Å². The molecule has 10 nitrogen and oxygen atoms in total. The van der Waals surface area contributed by atoms with E-state index in [0.717, 1.165) is 22.9 Å². The highest BCUT2D eigenvalue weighted by molar-refractivity contribution is 7.99. The molecule has 2 heterocycles. The lowest BCUT2D eigenvalue weighted by molar-refractivity contribution is -0.113. The maximum absolute atomic E-state index is 12.8. The van der Waals surface area contributed by atoms with Crippen molar-refractivity contribution >= 4 is 33.4 Å². The molecule has 1 amide bonds. The number of rotatable bonds is 7. The van der Waals surface area contributed by atoms with Gasteiger partial charge in [0.15, 0.2) is 5.82 Å². The Balaban J connectivity index is 1.39. The van der Waals surface area contributed by atoms with Crippen LogP contribution in [0.2, 0.25) is 0 Å². The van der Waals surface area contributed by atoms with Crippen molar-refractivity contribution in [2.45, 2.75) is 17.0 Å². The predicted octanol–water partition coefficient (Wildman–Crippen LogP) is 1.72. The van der Waals surface area contributed by atoms with Gasteiger partial charge >= 0.3 is 0 Å². The lowest BCUT2D eigenvalue weighted by Gasteiger charge is -2.26. The van der Waals surface area contributed by atoms with Crippen molar-refractivity contribution in [3.8, 4) is 11.4 Å². The summed E-state index contributed by atoms with van der Waals surface area (Å²) in [6.07, 6.45) is 0. The SMILES string of the molecule is Cc1ccc(-c2nnc(SCC(=O)Nc3cccc(S(=O)(=O)N4CCOCC4)c3)n2N)cc1. The molecule has 1 aliphatic rings. The Morgan fingerprint density at radius 2 is 1.88 bits per heavy atom. The van der Waals surface area contributed by atoms with E-state index in [9.17, 15) is 13.2 Å². The molecule has 174 valence electrons. The van der Waals surface area contributed by atoms with Crippen LogP contribution in [-0.4, -0.2) is 65.6 Å². The van der Waals surface area contributed by atoms with E-state index in [1.54, 1.807) is 12.1 Å². The molecule has 0 atom stereocenters. The van der Waals surface area contributed by atoms with E-state index in [4.69, 9.17) is 10.6 Å². The van der Waals surface area contributed by atoms with Crippen LogP contribution in [-0.2, 0) is 19.6 Å². The van der Waals surface area contributed by atoms with Gasteiger partial charge in [-0.1, -0.05) is 47.7 Å². The zero-order valence-electron chi connectivity index (χ0n) is 18.0. The fraction of sp³-hybridized carbons (Fsp3) is 0.286. The first-order valence-corrected chi connectivity index (χ1v) is 12.7. The molecule has 2 aromatic carbocycles.